The Kier molecular flexibility index (Phi) is 6.23. The molecule has 1 unspecified atom stereocenters. The van der Waals surface area contributed by atoms with E-state index < -0.39 is 15.6 Å². The minimum absolute atomic E-state index is 0.0150. The predicted octanol–water partition coefficient (Wildman–Crippen LogP) is 3.23. The number of nitrogens with one attached hydrogen (secondary N) is 1. The van der Waals surface area contributed by atoms with Gasteiger partial charge in [-0.15, -0.1) is 11.3 Å². The molecule has 0 spiro atoms. The maximum Gasteiger partial charge on any atom is 0.341 e. The minimum atomic E-state index is -4.66. The first-order valence-corrected chi connectivity index (χ1v) is 10.6. The van der Waals surface area contributed by atoms with Crippen molar-refractivity contribution in [3.63, 3.8) is 0 Å². The van der Waals surface area contributed by atoms with E-state index in [0.29, 0.717) is 19.8 Å². The number of para-hydroxylation sites is 1. The third kappa shape index (κ3) is 4.22. The second-order valence-corrected chi connectivity index (χ2v) is 8.73. The summed E-state index contributed by atoms with van der Waals surface area (Å²) in [5.41, 5.74) is 0.197. The Balaban J connectivity index is 1.82. The standard InChI is InChI=1S/C17H20F2N2O3S2/c18-17(19)26(22,23)16-6-2-1-4-13(16)20-12-14(15-5-3-11-25-15)21-7-9-24-10-8-21/h1-6,11,14,17,20H,7-10,12H2. The van der Waals surface area contributed by atoms with Crippen molar-refractivity contribution >= 4 is 26.9 Å². The van der Waals surface area contributed by atoms with Crippen LogP contribution in [0.5, 0.6) is 0 Å². The van der Waals surface area contributed by atoms with E-state index in [1.54, 1.807) is 17.4 Å². The molecule has 0 aliphatic carbocycles. The number of sulfone groups is 1. The highest BCUT2D eigenvalue weighted by atomic mass is 32.2. The summed E-state index contributed by atoms with van der Waals surface area (Å²) >= 11 is 1.61. The molecule has 2 aromatic rings. The van der Waals surface area contributed by atoms with E-state index in [1.165, 1.54) is 18.2 Å². The van der Waals surface area contributed by atoms with Gasteiger partial charge in [-0.3, -0.25) is 4.90 Å². The number of halogens is 2. The van der Waals surface area contributed by atoms with E-state index >= 15 is 0 Å². The molecule has 0 radical (unpaired) electrons. The largest absolute Gasteiger partial charge is 0.382 e. The highest BCUT2D eigenvalue weighted by molar-refractivity contribution is 7.91. The number of alkyl halides is 2. The molecule has 1 fully saturated rings. The van der Waals surface area contributed by atoms with Crippen molar-refractivity contribution in [3.05, 3.63) is 46.7 Å². The molecule has 3 rings (SSSR count). The number of benzene rings is 1. The molecule has 142 valence electrons. The van der Waals surface area contributed by atoms with Crippen LogP contribution in [0.1, 0.15) is 10.9 Å². The summed E-state index contributed by atoms with van der Waals surface area (Å²) in [6.07, 6.45) is 0. The lowest BCUT2D eigenvalue weighted by atomic mass is 10.2. The predicted molar refractivity (Wildman–Crippen MR) is 97.6 cm³/mol. The summed E-state index contributed by atoms with van der Waals surface area (Å²) in [6.45, 7) is 3.22. The molecule has 0 amide bonds. The lowest BCUT2D eigenvalue weighted by Gasteiger charge is -2.34. The van der Waals surface area contributed by atoms with Gasteiger partial charge in [0, 0.05) is 24.5 Å². The Bertz CT molecular complexity index is 807. The Morgan fingerprint density at radius 1 is 1.15 bits per heavy atom. The molecule has 1 aliphatic heterocycles. The number of ether oxygens (including phenoxy) is 1. The zero-order chi connectivity index (χ0) is 18.6. The average molecular weight is 402 g/mol. The maximum absolute atomic E-state index is 13.0. The monoisotopic (exact) mass is 402 g/mol. The summed E-state index contributed by atoms with van der Waals surface area (Å²) in [6, 6.07) is 9.79. The van der Waals surface area contributed by atoms with E-state index in [4.69, 9.17) is 4.74 Å². The van der Waals surface area contributed by atoms with Crippen molar-refractivity contribution in [2.24, 2.45) is 0 Å². The van der Waals surface area contributed by atoms with Gasteiger partial charge in [0.15, 0.2) is 0 Å². The van der Waals surface area contributed by atoms with Crippen LogP contribution in [0.25, 0.3) is 0 Å². The highest BCUT2D eigenvalue weighted by Gasteiger charge is 2.30. The lowest BCUT2D eigenvalue weighted by Crippen LogP contribution is -2.41. The number of hydrogen-bond acceptors (Lipinski definition) is 6. The fourth-order valence-corrected chi connectivity index (χ4v) is 4.71. The van der Waals surface area contributed by atoms with Crippen LogP contribution >= 0.6 is 11.3 Å². The third-order valence-electron chi connectivity index (χ3n) is 4.27. The smallest absolute Gasteiger partial charge is 0.341 e. The van der Waals surface area contributed by atoms with Crippen LogP contribution < -0.4 is 5.32 Å². The molecule has 1 atom stereocenters. The molecule has 5 nitrogen and oxygen atoms in total. The second-order valence-electron chi connectivity index (χ2n) is 5.86. The first-order chi connectivity index (χ1) is 12.5. The van der Waals surface area contributed by atoms with Gasteiger partial charge in [-0.05, 0) is 23.6 Å². The molecule has 1 N–H and O–H groups in total. The molecule has 1 saturated heterocycles. The molecule has 9 heteroatoms. The number of morpholine rings is 1. The van der Waals surface area contributed by atoms with Crippen molar-refractivity contribution < 1.29 is 21.9 Å². The highest BCUT2D eigenvalue weighted by Crippen LogP contribution is 2.29. The second kappa shape index (κ2) is 8.43. The maximum atomic E-state index is 13.0. The van der Waals surface area contributed by atoms with Crippen LogP contribution in [0, 0.1) is 0 Å². The van der Waals surface area contributed by atoms with Crippen molar-refractivity contribution in [2.45, 2.75) is 16.7 Å². The molecule has 1 aliphatic rings. The fourth-order valence-electron chi connectivity index (χ4n) is 2.94. The van der Waals surface area contributed by atoms with Crippen molar-refractivity contribution in [3.8, 4) is 0 Å². The van der Waals surface area contributed by atoms with Gasteiger partial charge in [0.25, 0.3) is 0 Å². The van der Waals surface area contributed by atoms with Gasteiger partial charge >= 0.3 is 5.76 Å². The van der Waals surface area contributed by atoms with Crippen LogP contribution in [0.3, 0.4) is 0 Å². The van der Waals surface area contributed by atoms with Gasteiger partial charge in [-0.2, -0.15) is 8.78 Å². The molecule has 0 bridgehead atoms. The van der Waals surface area contributed by atoms with E-state index in [2.05, 4.69) is 10.2 Å². The van der Waals surface area contributed by atoms with Gasteiger partial charge in [-0.25, -0.2) is 8.42 Å². The lowest BCUT2D eigenvalue weighted by molar-refractivity contribution is 0.0194. The topological polar surface area (TPSA) is 58.6 Å². The van der Waals surface area contributed by atoms with Crippen LogP contribution in [-0.4, -0.2) is 51.9 Å². The fraction of sp³-hybridized carbons (Fsp3) is 0.412. The zero-order valence-electron chi connectivity index (χ0n) is 14.0. The van der Waals surface area contributed by atoms with E-state index in [-0.39, 0.29) is 16.6 Å². The molecule has 1 aromatic carbocycles. The van der Waals surface area contributed by atoms with E-state index in [1.807, 2.05) is 17.5 Å². The molecular formula is C17H20F2N2O3S2. The first kappa shape index (κ1) is 19.2. The Hall–Kier alpha value is -1.55. The first-order valence-electron chi connectivity index (χ1n) is 8.20. The van der Waals surface area contributed by atoms with Crippen LogP contribution in [0.4, 0.5) is 14.5 Å². The third-order valence-corrected chi connectivity index (χ3v) is 6.68. The molecule has 26 heavy (non-hydrogen) atoms. The number of thiophene rings is 1. The van der Waals surface area contributed by atoms with Gasteiger partial charge in [-0.1, -0.05) is 18.2 Å². The van der Waals surface area contributed by atoms with E-state index in [0.717, 1.165) is 18.0 Å². The summed E-state index contributed by atoms with van der Waals surface area (Å²) in [4.78, 5) is 3.02. The van der Waals surface area contributed by atoms with Crippen molar-refractivity contribution in [1.29, 1.82) is 0 Å². The summed E-state index contributed by atoms with van der Waals surface area (Å²) in [7, 11) is -4.66. The summed E-state index contributed by atoms with van der Waals surface area (Å²) in [5.74, 6) is -3.45. The van der Waals surface area contributed by atoms with Gasteiger partial charge in [0.05, 0.1) is 29.8 Å². The van der Waals surface area contributed by atoms with Gasteiger partial charge in [0.2, 0.25) is 9.84 Å². The number of hydrogen-bond donors (Lipinski definition) is 1. The van der Waals surface area contributed by atoms with E-state index in [9.17, 15) is 17.2 Å². The Morgan fingerprint density at radius 2 is 1.88 bits per heavy atom. The summed E-state index contributed by atoms with van der Waals surface area (Å²) in [5, 5.41) is 5.06. The quantitative estimate of drug-likeness (QED) is 0.771. The zero-order valence-corrected chi connectivity index (χ0v) is 15.6. The molecule has 2 heterocycles. The van der Waals surface area contributed by atoms with Crippen molar-refractivity contribution in [1.82, 2.24) is 4.90 Å². The summed E-state index contributed by atoms with van der Waals surface area (Å²) < 4.78 is 55.1. The minimum Gasteiger partial charge on any atom is -0.382 e. The van der Waals surface area contributed by atoms with Gasteiger partial charge in [0.1, 0.15) is 0 Å². The Labute approximate surface area is 155 Å². The average Bonchev–Trinajstić information content (AvgIpc) is 3.17. The number of anilines is 1. The SMILES string of the molecule is O=S(=O)(c1ccccc1NCC(c1cccs1)N1CCOCC1)C(F)F. The molecule has 1 aromatic heterocycles. The normalized spacial score (nSPS) is 17.3. The molecule has 0 saturated carbocycles. The van der Waals surface area contributed by atoms with Crippen molar-refractivity contribution in [2.75, 3.05) is 38.2 Å². The van der Waals surface area contributed by atoms with Gasteiger partial charge < -0.3 is 10.1 Å². The number of rotatable bonds is 7. The van der Waals surface area contributed by atoms with Crippen LogP contribution in [0.15, 0.2) is 46.7 Å². The van der Waals surface area contributed by atoms with Crippen LogP contribution in [-0.2, 0) is 14.6 Å². The Morgan fingerprint density at radius 3 is 2.54 bits per heavy atom. The van der Waals surface area contributed by atoms with Crippen LogP contribution in [0.2, 0.25) is 0 Å². The number of nitrogens with zero attached hydrogens (tertiary/aromatic N) is 1. The molecular weight excluding hydrogens is 382 g/mol.